The Morgan fingerprint density at radius 2 is 0.397 bits per heavy atom. The molecule has 0 bridgehead atoms. The number of hydrogen-bond acceptors (Lipinski definition) is 1. The fourth-order valence-corrected chi connectivity index (χ4v) is 26.6. The molecule has 0 aliphatic carbocycles. The molecule has 0 saturated heterocycles. The van der Waals surface area contributed by atoms with Crippen molar-refractivity contribution < 1.29 is 24.3 Å². The average molecular weight is 1160 g/mol. The fourth-order valence-electron chi connectivity index (χ4n) is 12.4. The molecule has 0 amide bonds. The summed E-state index contributed by atoms with van der Waals surface area (Å²) in [5.41, 5.74) is 0. The van der Waals surface area contributed by atoms with Gasteiger partial charge in [-0.3, -0.25) is 4.79 Å². The van der Waals surface area contributed by atoms with Crippen LogP contribution in [0.15, 0.2) is 309 Å². The first kappa shape index (κ1) is 57.2. The van der Waals surface area contributed by atoms with Gasteiger partial charge < -0.3 is 0 Å². The number of fused-ring (bicyclic) bond motifs is 3. The molecule has 0 unspecified atom stereocenters. The predicted molar refractivity (Wildman–Crippen MR) is 349 cm³/mol. The average Bonchev–Trinajstić information content (AvgIpc) is 3.72. The van der Waals surface area contributed by atoms with Crippen molar-refractivity contribution in [2.75, 3.05) is 18.5 Å². The second-order valence-corrected chi connectivity index (χ2v) is 32.2. The van der Waals surface area contributed by atoms with E-state index in [2.05, 4.69) is 337 Å². The third-order valence-corrected chi connectivity index (χ3v) is 31.1. The van der Waals surface area contributed by atoms with Crippen molar-refractivity contribution in [1.82, 2.24) is 0 Å². The SMILES string of the molecule is CC[PH](c1ccccc1)(c1ccccc1)c1cccc2ccccc12.CC[PH](c1ccccc1)(c1ccccc1)c1cccc2ccccc12.CC[PH](c1ccccc1)(c1ccccc1)c1cccc2ccccc12.[C]=O.[Rh]. The maximum atomic E-state index is 7.50. The second-order valence-electron chi connectivity index (χ2n) is 19.6. The Hall–Kier alpha value is -7.00. The summed E-state index contributed by atoms with van der Waals surface area (Å²) in [6.45, 7) is 11.6. The van der Waals surface area contributed by atoms with Crippen LogP contribution in [0.3, 0.4) is 0 Å². The molecule has 12 aromatic carbocycles. The van der Waals surface area contributed by atoms with Crippen LogP contribution in [-0.2, 0) is 24.3 Å². The monoisotopic (exact) mass is 1160 g/mol. The van der Waals surface area contributed by atoms with Gasteiger partial charge in [0, 0.05) is 19.5 Å². The van der Waals surface area contributed by atoms with Crippen LogP contribution in [0.2, 0.25) is 0 Å². The summed E-state index contributed by atoms with van der Waals surface area (Å²) in [7, 11) is -6.19. The Kier molecular flexibility index (Phi) is 20.2. The molecule has 0 atom stereocenters. The summed E-state index contributed by atoms with van der Waals surface area (Å²) < 4.78 is 0. The van der Waals surface area contributed by atoms with E-state index in [4.69, 9.17) is 4.79 Å². The molecule has 12 aromatic rings. The van der Waals surface area contributed by atoms with E-state index in [1.54, 1.807) is 0 Å². The summed E-state index contributed by atoms with van der Waals surface area (Å²) >= 11 is 0. The van der Waals surface area contributed by atoms with E-state index in [0.717, 1.165) is 18.5 Å². The quantitative estimate of drug-likeness (QED) is 0.0880. The van der Waals surface area contributed by atoms with Crippen LogP contribution in [0.5, 0.6) is 0 Å². The van der Waals surface area contributed by atoms with Crippen LogP contribution in [0, 0.1) is 0 Å². The van der Waals surface area contributed by atoms with Crippen molar-refractivity contribution in [3.8, 4) is 0 Å². The van der Waals surface area contributed by atoms with Gasteiger partial charge in [0.1, 0.15) is 0 Å². The van der Waals surface area contributed by atoms with Crippen LogP contribution in [0.4, 0.5) is 0 Å². The molecule has 0 heterocycles. The van der Waals surface area contributed by atoms with Crippen LogP contribution >= 0.6 is 21.8 Å². The van der Waals surface area contributed by atoms with Gasteiger partial charge in [0.05, 0.1) is 0 Å². The van der Waals surface area contributed by atoms with Crippen molar-refractivity contribution in [2.45, 2.75) is 20.8 Å². The van der Waals surface area contributed by atoms with Crippen LogP contribution < -0.4 is 47.7 Å². The van der Waals surface area contributed by atoms with E-state index in [1.807, 2.05) is 0 Å². The summed E-state index contributed by atoms with van der Waals surface area (Å²) in [6.07, 6.45) is 3.44. The summed E-state index contributed by atoms with van der Waals surface area (Å²) in [6, 6.07) is 114. The normalized spacial score (nSPS) is 11.8. The second kappa shape index (κ2) is 27.5. The molecule has 3 radical (unpaired) electrons. The molecule has 0 N–H and O–H groups in total. The molecular formula is C73H69OP3Rh. The number of carbonyl (C=O) groups excluding carboxylic acids is 1. The van der Waals surface area contributed by atoms with Gasteiger partial charge in [0.15, 0.2) is 0 Å². The Morgan fingerprint density at radius 3 is 0.590 bits per heavy atom. The van der Waals surface area contributed by atoms with Crippen LogP contribution in [-0.4, -0.2) is 25.3 Å². The molecule has 0 spiro atoms. The summed E-state index contributed by atoms with van der Waals surface area (Å²) in [4.78, 5) is 7.50. The summed E-state index contributed by atoms with van der Waals surface area (Å²) in [5.74, 6) is 0. The maximum Gasteiger partial charge on any atom is 0.281 e. The Morgan fingerprint density at radius 1 is 0.231 bits per heavy atom. The van der Waals surface area contributed by atoms with Gasteiger partial charge in [0.2, 0.25) is 0 Å². The van der Waals surface area contributed by atoms with E-state index in [0.29, 0.717) is 0 Å². The van der Waals surface area contributed by atoms with E-state index >= 15 is 0 Å². The zero-order chi connectivity index (χ0) is 53.3. The van der Waals surface area contributed by atoms with Gasteiger partial charge in [-0.15, -0.1) is 0 Å². The van der Waals surface area contributed by atoms with Gasteiger partial charge in [0.25, 0.3) is 6.79 Å². The van der Waals surface area contributed by atoms with Gasteiger partial charge in [-0.25, -0.2) is 0 Å². The predicted octanol–water partition coefficient (Wildman–Crippen LogP) is 14.3. The molecule has 0 saturated carbocycles. The minimum absolute atomic E-state index is 0. The van der Waals surface area contributed by atoms with Gasteiger partial charge in [-0.2, -0.15) is 0 Å². The maximum absolute atomic E-state index is 7.50. The third kappa shape index (κ3) is 11.4. The minimum Gasteiger partial charge on any atom is -0.281 e. The Balaban J connectivity index is 0.000000151. The Labute approximate surface area is 478 Å². The molecule has 12 rings (SSSR count). The standard InChI is InChI=1S/3C24H23P.CO.Rh/c3*1-2-25(21-14-5-3-6-15-21,22-16-7-4-8-17-22)24-19-11-13-20-12-9-10-18-23(20)24;1-2;/h3*3-19,25H,2H2,1H3;;. The van der Waals surface area contributed by atoms with E-state index in [-0.39, 0.29) is 19.5 Å². The zero-order valence-electron chi connectivity index (χ0n) is 44.8. The number of hydrogen-bond donors (Lipinski definition) is 0. The first-order valence-electron chi connectivity index (χ1n) is 27.1. The van der Waals surface area contributed by atoms with Crippen LogP contribution in [0.25, 0.3) is 32.3 Å². The van der Waals surface area contributed by atoms with E-state index in [9.17, 15) is 0 Å². The first-order chi connectivity index (χ1) is 38.1. The number of benzene rings is 12. The molecule has 0 aliphatic heterocycles. The van der Waals surface area contributed by atoms with Crippen molar-refractivity contribution in [2.24, 2.45) is 0 Å². The molecule has 391 valence electrons. The smallest absolute Gasteiger partial charge is 0.281 e. The van der Waals surface area contributed by atoms with Gasteiger partial charge >= 0.3 is 450 Å². The largest absolute Gasteiger partial charge is 0.281 e. The van der Waals surface area contributed by atoms with Crippen molar-refractivity contribution in [3.05, 3.63) is 309 Å². The molecule has 0 aliphatic rings. The topological polar surface area (TPSA) is 17.1 Å². The molecule has 0 aromatic heterocycles. The Bertz CT molecular complexity index is 3220. The van der Waals surface area contributed by atoms with Gasteiger partial charge in [-0.05, 0) is 0 Å². The van der Waals surface area contributed by atoms with Crippen molar-refractivity contribution in [1.29, 1.82) is 0 Å². The van der Waals surface area contributed by atoms with Crippen molar-refractivity contribution >= 4 is 109 Å². The molecule has 78 heavy (non-hydrogen) atoms. The van der Waals surface area contributed by atoms with E-state index in [1.165, 1.54) is 80.1 Å². The fraction of sp³-hybridized carbons (Fsp3) is 0.0822. The van der Waals surface area contributed by atoms with Crippen molar-refractivity contribution in [3.63, 3.8) is 0 Å². The molecular weight excluding hydrogens is 1090 g/mol. The molecule has 0 fully saturated rings. The number of rotatable bonds is 12. The molecule has 1 nitrogen and oxygen atoms in total. The third-order valence-electron chi connectivity index (χ3n) is 15.9. The minimum atomic E-state index is -2.06. The first-order valence-corrected chi connectivity index (χ1v) is 33.7. The van der Waals surface area contributed by atoms with E-state index < -0.39 is 21.8 Å². The molecule has 5 heteroatoms. The van der Waals surface area contributed by atoms with Gasteiger partial charge in [-0.1, -0.05) is 0 Å². The summed E-state index contributed by atoms with van der Waals surface area (Å²) in [5, 5.41) is 21.7. The van der Waals surface area contributed by atoms with Crippen LogP contribution in [0.1, 0.15) is 20.8 Å². The zero-order valence-corrected chi connectivity index (χ0v) is 49.4.